The van der Waals surface area contributed by atoms with Gasteiger partial charge in [-0.05, 0) is 42.2 Å². The molecule has 0 unspecified atom stereocenters. The second kappa shape index (κ2) is 6.35. The van der Waals surface area contributed by atoms with Crippen LogP contribution in [-0.2, 0) is 16.0 Å². The zero-order valence-electron chi connectivity index (χ0n) is 13.7. The number of fused-ring (bicyclic) bond motifs is 1. The summed E-state index contributed by atoms with van der Waals surface area (Å²) in [6.45, 7) is 4.03. The number of hydrogen-bond donors (Lipinski definition) is 2. The van der Waals surface area contributed by atoms with Crippen LogP contribution in [0.3, 0.4) is 0 Å². The normalized spacial score (nSPS) is 16.8. The van der Waals surface area contributed by atoms with Gasteiger partial charge in [-0.1, -0.05) is 36.4 Å². The molecule has 0 aliphatic carbocycles. The Hall–Kier alpha value is -2.82. The van der Waals surface area contributed by atoms with Crippen LogP contribution in [0.5, 0.6) is 5.75 Å². The predicted molar refractivity (Wildman–Crippen MR) is 90.6 cm³/mol. The van der Waals surface area contributed by atoms with Crippen molar-refractivity contribution in [2.24, 2.45) is 5.73 Å². The lowest BCUT2D eigenvalue weighted by atomic mass is 10.0. The Balaban J connectivity index is 1.74. The topological polar surface area (TPSA) is 81.4 Å². The van der Waals surface area contributed by atoms with E-state index in [0.717, 1.165) is 22.4 Å². The molecule has 0 fully saturated rings. The van der Waals surface area contributed by atoms with Crippen molar-refractivity contribution in [1.29, 1.82) is 0 Å². The van der Waals surface area contributed by atoms with Crippen molar-refractivity contribution in [1.82, 2.24) is 5.32 Å². The van der Waals surface area contributed by atoms with Gasteiger partial charge < -0.3 is 15.8 Å². The van der Waals surface area contributed by atoms with E-state index in [0.29, 0.717) is 12.0 Å². The number of rotatable bonds is 4. The quantitative estimate of drug-likeness (QED) is 0.902. The fraction of sp³-hybridized carbons (Fsp3) is 0.263. The van der Waals surface area contributed by atoms with Crippen molar-refractivity contribution in [3.05, 3.63) is 64.7 Å². The monoisotopic (exact) mass is 324 g/mol. The number of benzene rings is 2. The molecule has 0 saturated heterocycles. The standard InChI is InChI=1S/C19H20N2O3/c1-11-8-14-10-16(24-15(14)9-12(11)2)19(23)21-17(18(20)22)13-6-4-3-5-7-13/h3-9,16-17H,10H2,1-2H3,(H2,20,22)(H,21,23)/t16-,17-/m0/s1. The molecule has 0 bridgehead atoms. The highest BCUT2D eigenvalue weighted by Crippen LogP contribution is 2.31. The van der Waals surface area contributed by atoms with Gasteiger partial charge in [0.15, 0.2) is 6.10 Å². The van der Waals surface area contributed by atoms with Gasteiger partial charge in [0, 0.05) is 6.42 Å². The number of ether oxygens (including phenoxy) is 1. The van der Waals surface area contributed by atoms with E-state index in [2.05, 4.69) is 5.32 Å². The number of carbonyl (C=O) groups excluding carboxylic acids is 2. The van der Waals surface area contributed by atoms with Crippen LogP contribution in [0.15, 0.2) is 42.5 Å². The van der Waals surface area contributed by atoms with Crippen LogP contribution in [-0.4, -0.2) is 17.9 Å². The molecule has 1 aliphatic rings. The second-order valence-electron chi connectivity index (χ2n) is 6.11. The molecule has 2 amide bonds. The lowest BCUT2D eigenvalue weighted by Gasteiger charge is -2.18. The minimum Gasteiger partial charge on any atom is -0.480 e. The summed E-state index contributed by atoms with van der Waals surface area (Å²) in [5, 5.41) is 2.70. The minimum absolute atomic E-state index is 0.339. The van der Waals surface area contributed by atoms with E-state index < -0.39 is 18.1 Å². The number of amides is 2. The van der Waals surface area contributed by atoms with Gasteiger partial charge in [-0.2, -0.15) is 0 Å². The molecule has 5 heteroatoms. The summed E-state index contributed by atoms with van der Waals surface area (Å²) in [6.07, 6.45) is -0.158. The Morgan fingerprint density at radius 2 is 1.83 bits per heavy atom. The highest BCUT2D eigenvalue weighted by Gasteiger charge is 2.32. The molecule has 3 rings (SSSR count). The zero-order valence-corrected chi connectivity index (χ0v) is 13.7. The fourth-order valence-corrected chi connectivity index (χ4v) is 2.86. The van der Waals surface area contributed by atoms with Gasteiger partial charge in [0.25, 0.3) is 5.91 Å². The third kappa shape index (κ3) is 3.11. The first-order valence-electron chi connectivity index (χ1n) is 7.87. The van der Waals surface area contributed by atoms with Gasteiger partial charge in [-0.15, -0.1) is 0 Å². The first-order valence-corrected chi connectivity index (χ1v) is 7.87. The molecule has 0 spiro atoms. The average molecular weight is 324 g/mol. The number of nitrogens with two attached hydrogens (primary N) is 1. The maximum atomic E-state index is 12.5. The van der Waals surface area contributed by atoms with Crippen molar-refractivity contribution >= 4 is 11.8 Å². The van der Waals surface area contributed by atoms with Gasteiger partial charge in [0.2, 0.25) is 5.91 Å². The van der Waals surface area contributed by atoms with Crippen LogP contribution < -0.4 is 15.8 Å². The molecule has 2 atom stereocenters. The molecule has 1 aliphatic heterocycles. The molecule has 24 heavy (non-hydrogen) atoms. The van der Waals surface area contributed by atoms with E-state index >= 15 is 0 Å². The maximum absolute atomic E-state index is 12.5. The Bertz CT molecular complexity index is 756. The molecule has 0 radical (unpaired) electrons. The second-order valence-corrected chi connectivity index (χ2v) is 6.11. The van der Waals surface area contributed by atoms with Crippen LogP contribution >= 0.6 is 0 Å². The molecule has 1 heterocycles. The van der Waals surface area contributed by atoms with E-state index in [1.807, 2.05) is 32.0 Å². The third-order valence-electron chi connectivity index (χ3n) is 4.35. The van der Waals surface area contributed by atoms with Gasteiger partial charge in [-0.25, -0.2) is 0 Å². The summed E-state index contributed by atoms with van der Waals surface area (Å²) in [4.78, 5) is 24.3. The summed E-state index contributed by atoms with van der Waals surface area (Å²) in [6, 6.07) is 12.1. The van der Waals surface area contributed by atoms with Crippen molar-refractivity contribution in [2.45, 2.75) is 32.4 Å². The summed E-state index contributed by atoms with van der Waals surface area (Å²) < 4.78 is 5.76. The largest absolute Gasteiger partial charge is 0.480 e. The lowest BCUT2D eigenvalue weighted by Crippen LogP contribution is -2.44. The summed E-state index contributed by atoms with van der Waals surface area (Å²) in [7, 11) is 0. The molecule has 124 valence electrons. The van der Waals surface area contributed by atoms with Gasteiger partial charge in [0.1, 0.15) is 11.8 Å². The van der Waals surface area contributed by atoms with Crippen LogP contribution in [0.25, 0.3) is 0 Å². The molecule has 0 saturated carbocycles. The first kappa shape index (κ1) is 16.1. The number of nitrogens with one attached hydrogen (secondary N) is 1. The van der Waals surface area contributed by atoms with Crippen molar-refractivity contribution in [3.63, 3.8) is 0 Å². The minimum atomic E-state index is -0.866. The average Bonchev–Trinajstić information content (AvgIpc) is 2.96. The van der Waals surface area contributed by atoms with Crippen molar-refractivity contribution in [2.75, 3.05) is 0 Å². The van der Waals surface area contributed by atoms with Crippen molar-refractivity contribution < 1.29 is 14.3 Å². The van der Waals surface area contributed by atoms with Crippen LogP contribution in [0, 0.1) is 13.8 Å². The van der Waals surface area contributed by atoms with Gasteiger partial charge >= 0.3 is 0 Å². The highest BCUT2D eigenvalue weighted by atomic mass is 16.5. The predicted octanol–water partition coefficient (Wildman–Crippen LogP) is 1.95. The number of aryl methyl sites for hydroxylation is 2. The molecule has 2 aromatic rings. The van der Waals surface area contributed by atoms with Crippen LogP contribution in [0.2, 0.25) is 0 Å². The SMILES string of the molecule is Cc1cc2c(cc1C)O[C@H](C(=O)N[C@H](C(N)=O)c1ccccc1)C2. The molecule has 5 nitrogen and oxygen atoms in total. The number of hydrogen-bond acceptors (Lipinski definition) is 3. The molecular weight excluding hydrogens is 304 g/mol. The van der Waals surface area contributed by atoms with E-state index in [-0.39, 0.29) is 5.91 Å². The molecule has 3 N–H and O–H groups in total. The smallest absolute Gasteiger partial charge is 0.262 e. The molecule has 0 aromatic heterocycles. The van der Waals surface area contributed by atoms with Gasteiger partial charge in [-0.3, -0.25) is 9.59 Å². The van der Waals surface area contributed by atoms with Gasteiger partial charge in [0.05, 0.1) is 0 Å². The number of carbonyl (C=O) groups is 2. The molecular formula is C19H20N2O3. The van der Waals surface area contributed by atoms with E-state index in [1.165, 1.54) is 0 Å². The van der Waals surface area contributed by atoms with E-state index in [9.17, 15) is 9.59 Å². The van der Waals surface area contributed by atoms with Crippen LogP contribution in [0.1, 0.15) is 28.3 Å². The van der Waals surface area contributed by atoms with E-state index in [1.54, 1.807) is 24.3 Å². The first-order chi connectivity index (χ1) is 11.5. The van der Waals surface area contributed by atoms with E-state index in [4.69, 9.17) is 10.5 Å². The number of primary amides is 1. The van der Waals surface area contributed by atoms with Crippen LogP contribution in [0.4, 0.5) is 0 Å². The zero-order chi connectivity index (χ0) is 17.3. The summed E-state index contributed by atoms with van der Waals surface area (Å²) >= 11 is 0. The third-order valence-corrected chi connectivity index (χ3v) is 4.35. The fourth-order valence-electron chi connectivity index (χ4n) is 2.86. The molecule has 2 aromatic carbocycles. The lowest BCUT2D eigenvalue weighted by molar-refractivity contribution is -0.131. The Kier molecular flexibility index (Phi) is 4.25. The Labute approximate surface area is 140 Å². The van der Waals surface area contributed by atoms with Crippen molar-refractivity contribution in [3.8, 4) is 5.75 Å². The highest BCUT2D eigenvalue weighted by molar-refractivity contribution is 5.90. The summed E-state index contributed by atoms with van der Waals surface area (Å²) in [5.74, 6) is -0.209. The Morgan fingerprint density at radius 3 is 2.50 bits per heavy atom. The summed E-state index contributed by atoms with van der Waals surface area (Å²) in [5.41, 5.74) is 9.39. The maximum Gasteiger partial charge on any atom is 0.262 e. The Morgan fingerprint density at radius 1 is 1.17 bits per heavy atom.